The number of rotatable bonds is 6. The third-order valence-corrected chi connectivity index (χ3v) is 5.15. The van der Waals surface area contributed by atoms with Gasteiger partial charge < -0.3 is 14.8 Å². The molecule has 1 aliphatic carbocycles. The first-order valence-electron chi connectivity index (χ1n) is 8.27. The fourth-order valence-electron chi connectivity index (χ4n) is 3.16. The maximum atomic E-state index is 12.5. The number of esters is 1. The normalized spacial score (nSPS) is 16.3. The smallest absolute Gasteiger partial charge is 0.328 e. The Bertz CT molecular complexity index is 584. The Morgan fingerprint density at radius 2 is 1.96 bits per heavy atom. The molecule has 24 heavy (non-hydrogen) atoms. The maximum absolute atomic E-state index is 12.5. The third kappa shape index (κ3) is 4.97. The molecule has 1 saturated carbocycles. The van der Waals surface area contributed by atoms with Crippen LogP contribution in [0, 0.1) is 5.92 Å². The van der Waals surface area contributed by atoms with Gasteiger partial charge in [0.15, 0.2) is 0 Å². The van der Waals surface area contributed by atoms with Gasteiger partial charge in [-0.15, -0.1) is 0 Å². The molecule has 0 aromatic heterocycles. The first-order valence-corrected chi connectivity index (χ1v) is 9.06. The van der Waals surface area contributed by atoms with Crippen molar-refractivity contribution in [3.63, 3.8) is 0 Å². The molecule has 5 nitrogen and oxygen atoms in total. The highest BCUT2D eigenvalue weighted by atomic mass is 79.9. The van der Waals surface area contributed by atoms with Crippen LogP contribution in [0.3, 0.4) is 0 Å². The van der Waals surface area contributed by atoms with Crippen LogP contribution in [0.15, 0.2) is 22.7 Å². The van der Waals surface area contributed by atoms with Gasteiger partial charge in [0.1, 0.15) is 11.8 Å². The molecule has 0 saturated heterocycles. The molecule has 1 aliphatic rings. The Balaban J connectivity index is 2.07. The highest BCUT2D eigenvalue weighted by Crippen LogP contribution is 2.28. The van der Waals surface area contributed by atoms with Crippen molar-refractivity contribution in [3.05, 3.63) is 28.2 Å². The van der Waals surface area contributed by atoms with Gasteiger partial charge >= 0.3 is 5.97 Å². The summed E-state index contributed by atoms with van der Waals surface area (Å²) >= 11 is 3.36. The van der Waals surface area contributed by atoms with E-state index in [9.17, 15) is 9.59 Å². The Labute approximate surface area is 151 Å². The van der Waals surface area contributed by atoms with E-state index in [0.29, 0.717) is 23.7 Å². The van der Waals surface area contributed by atoms with Crippen LogP contribution in [0.1, 0.15) is 48.9 Å². The fourth-order valence-corrected chi connectivity index (χ4v) is 3.56. The zero-order valence-electron chi connectivity index (χ0n) is 14.1. The molecule has 132 valence electrons. The van der Waals surface area contributed by atoms with Crippen LogP contribution < -0.4 is 10.1 Å². The van der Waals surface area contributed by atoms with Gasteiger partial charge in [0.2, 0.25) is 0 Å². The van der Waals surface area contributed by atoms with E-state index in [1.807, 2.05) is 0 Å². The lowest BCUT2D eigenvalue weighted by Gasteiger charge is -2.25. The summed E-state index contributed by atoms with van der Waals surface area (Å²) in [5.74, 6) is 0.345. The summed E-state index contributed by atoms with van der Waals surface area (Å²) in [6, 6.07) is 4.48. The minimum atomic E-state index is -0.611. The van der Waals surface area contributed by atoms with Crippen LogP contribution in [-0.2, 0) is 9.53 Å². The van der Waals surface area contributed by atoms with Crippen molar-refractivity contribution < 1.29 is 19.1 Å². The lowest BCUT2D eigenvalue weighted by Crippen LogP contribution is -2.43. The number of hydrogen-bond donors (Lipinski definition) is 1. The van der Waals surface area contributed by atoms with Crippen LogP contribution >= 0.6 is 15.9 Å². The monoisotopic (exact) mass is 397 g/mol. The van der Waals surface area contributed by atoms with Crippen LogP contribution in [-0.4, -0.2) is 32.1 Å². The summed E-state index contributed by atoms with van der Waals surface area (Å²) < 4.78 is 10.9. The number of amides is 1. The van der Waals surface area contributed by atoms with Crippen LogP contribution in [0.4, 0.5) is 0 Å². The molecule has 0 unspecified atom stereocenters. The van der Waals surface area contributed by atoms with Gasteiger partial charge in [0, 0.05) is 5.56 Å². The van der Waals surface area contributed by atoms with E-state index in [1.54, 1.807) is 25.3 Å². The second kappa shape index (κ2) is 9.06. The van der Waals surface area contributed by atoms with Crippen molar-refractivity contribution in [2.75, 3.05) is 14.2 Å². The summed E-state index contributed by atoms with van der Waals surface area (Å²) in [6.07, 6.45) is 6.48. The van der Waals surface area contributed by atoms with Gasteiger partial charge in [-0.3, -0.25) is 4.79 Å². The average Bonchev–Trinajstić information content (AvgIpc) is 2.61. The number of halogens is 1. The number of ether oxygens (including phenoxy) is 2. The molecule has 0 heterocycles. The summed E-state index contributed by atoms with van der Waals surface area (Å²) in [6.45, 7) is 0. The quantitative estimate of drug-likeness (QED) is 0.743. The first-order chi connectivity index (χ1) is 11.5. The van der Waals surface area contributed by atoms with E-state index in [1.165, 1.54) is 26.4 Å². The molecular formula is C18H24BrNO4. The van der Waals surface area contributed by atoms with Gasteiger partial charge in [0.25, 0.3) is 5.91 Å². The first kappa shape index (κ1) is 18.8. The van der Waals surface area contributed by atoms with Gasteiger partial charge in [0.05, 0.1) is 18.7 Å². The molecule has 1 N–H and O–H groups in total. The minimum absolute atomic E-state index is 0.299. The van der Waals surface area contributed by atoms with Gasteiger partial charge in [-0.05, 0) is 46.5 Å². The van der Waals surface area contributed by atoms with Gasteiger partial charge in [-0.25, -0.2) is 4.79 Å². The molecule has 0 bridgehead atoms. The predicted octanol–water partition coefficient (Wildman–Crippen LogP) is 3.70. The summed E-state index contributed by atoms with van der Waals surface area (Å²) in [5, 5.41) is 2.82. The lowest BCUT2D eigenvalue weighted by molar-refractivity contribution is -0.143. The Morgan fingerprint density at radius 3 is 2.58 bits per heavy atom. The van der Waals surface area contributed by atoms with Crippen molar-refractivity contribution in [1.29, 1.82) is 0 Å². The molecule has 0 radical (unpaired) electrons. The summed E-state index contributed by atoms with van der Waals surface area (Å²) in [4.78, 5) is 24.6. The number of carbonyl (C=O) groups excluding carboxylic acids is 2. The van der Waals surface area contributed by atoms with Crippen LogP contribution in [0.25, 0.3) is 0 Å². The summed E-state index contributed by atoms with van der Waals surface area (Å²) in [5.41, 5.74) is 0.451. The molecule has 1 fully saturated rings. The third-order valence-electron chi connectivity index (χ3n) is 4.50. The number of hydrogen-bond acceptors (Lipinski definition) is 4. The number of nitrogens with one attached hydrogen (secondary N) is 1. The Kier molecular flexibility index (Phi) is 7.09. The molecule has 1 atom stereocenters. The van der Waals surface area contributed by atoms with E-state index >= 15 is 0 Å². The molecule has 1 aromatic rings. The van der Waals surface area contributed by atoms with Crippen molar-refractivity contribution in [2.45, 2.75) is 44.6 Å². The minimum Gasteiger partial charge on any atom is -0.496 e. The van der Waals surface area contributed by atoms with Crippen LogP contribution in [0.2, 0.25) is 0 Å². The van der Waals surface area contributed by atoms with Crippen molar-refractivity contribution in [1.82, 2.24) is 5.32 Å². The molecule has 6 heteroatoms. The van der Waals surface area contributed by atoms with Gasteiger partial charge in [-0.2, -0.15) is 0 Å². The Morgan fingerprint density at radius 1 is 1.25 bits per heavy atom. The topological polar surface area (TPSA) is 64.6 Å². The lowest BCUT2D eigenvalue weighted by atomic mass is 9.85. The maximum Gasteiger partial charge on any atom is 0.328 e. The van der Waals surface area contributed by atoms with Crippen molar-refractivity contribution >= 4 is 27.8 Å². The van der Waals surface area contributed by atoms with E-state index in [2.05, 4.69) is 21.2 Å². The highest BCUT2D eigenvalue weighted by Gasteiger charge is 2.27. The SMILES string of the molecule is COC(=O)[C@@H](CC1CCCCC1)NC(=O)c1ccc(Br)c(OC)c1. The Hall–Kier alpha value is -1.56. The van der Waals surface area contributed by atoms with Gasteiger partial charge in [-0.1, -0.05) is 32.1 Å². The van der Waals surface area contributed by atoms with E-state index < -0.39 is 12.0 Å². The number of benzene rings is 1. The van der Waals surface area contributed by atoms with E-state index in [0.717, 1.165) is 17.3 Å². The molecule has 2 rings (SSSR count). The summed E-state index contributed by atoms with van der Waals surface area (Å²) in [7, 11) is 2.90. The van der Waals surface area contributed by atoms with Crippen molar-refractivity contribution in [2.24, 2.45) is 5.92 Å². The zero-order chi connectivity index (χ0) is 17.5. The largest absolute Gasteiger partial charge is 0.496 e. The molecule has 0 aliphatic heterocycles. The number of methoxy groups -OCH3 is 2. The molecular weight excluding hydrogens is 374 g/mol. The fraction of sp³-hybridized carbons (Fsp3) is 0.556. The molecule has 0 spiro atoms. The predicted molar refractivity (Wildman–Crippen MR) is 95.2 cm³/mol. The second-order valence-corrected chi connectivity index (χ2v) is 6.99. The average molecular weight is 398 g/mol. The standard InChI is InChI=1S/C18H24BrNO4/c1-23-16-11-13(8-9-14(16)19)17(21)20-15(18(22)24-2)10-12-6-4-3-5-7-12/h8-9,11-12,15H,3-7,10H2,1-2H3,(H,20,21)/t15-/m1/s1. The highest BCUT2D eigenvalue weighted by molar-refractivity contribution is 9.10. The molecule has 1 aromatic carbocycles. The molecule has 1 amide bonds. The number of carbonyl (C=O) groups is 2. The van der Waals surface area contributed by atoms with Crippen LogP contribution in [0.5, 0.6) is 5.75 Å². The van der Waals surface area contributed by atoms with Crippen molar-refractivity contribution in [3.8, 4) is 5.75 Å². The van der Waals surface area contributed by atoms with E-state index in [4.69, 9.17) is 9.47 Å². The second-order valence-electron chi connectivity index (χ2n) is 6.14. The van der Waals surface area contributed by atoms with E-state index in [-0.39, 0.29) is 5.91 Å². The zero-order valence-corrected chi connectivity index (χ0v) is 15.7.